The van der Waals surface area contributed by atoms with Crippen LogP contribution in [-0.4, -0.2) is 66.0 Å². The zero-order chi connectivity index (χ0) is 30.7. The Morgan fingerprint density at radius 3 is 2.28 bits per heavy atom. The Morgan fingerprint density at radius 1 is 0.907 bits per heavy atom. The van der Waals surface area contributed by atoms with E-state index in [-0.39, 0.29) is 13.0 Å². The molecule has 1 aliphatic heterocycles. The number of carboxylic acid groups (broad SMARTS) is 1. The quantitative estimate of drug-likeness (QED) is 0.141. The van der Waals surface area contributed by atoms with Crippen LogP contribution in [0.2, 0.25) is 0 Å². The number of rotatable bonds is 20. The lowest BCUT2D eigenvalue weighted by Gasteiger charge is -2.26. The minimum Gasteiger partial charge on any atom is -0.480 e. The summed E-state index contributed by atoms with van der Waals surface area (Å²) in [5.41, 5.74) is 2.03. The number of unbranched alkanes of at least 4 members (excludes halogenated alkanes) is 4. The lowest BCUT2D eigenvalue weighted by atomic mass is 10.1. The van der Waals surface area contributed by atoms with E-state index in [1.807, 2.05) is 60.7 Å². The Hall–Kier alpha value is -3.20. The van der Waals surface area contributed by atoms with Gasteiger partial charge in [-0.05, 0) is 56.1 Å². The second-order valence-corrected chi connectivity index (χ2v) is 12.2. The van der Waals surface area contributed by atoms with Gasteiger partial charge >= 0.3 is 12.1 Å². The molecular formula is C32H45N2O8P. The summed E-state index contributed by atoms with van der Waals surface area (Å²) in [7, 11) is -2.49. The fourth-order valence-corrected chi connectivity index (χ4v) is 6.13. The van der Waals surface area contributed by atoms with Crippen molar-refractivity contribution in [3.8, 4) is 0 Å². The van der Waals surface area contributed by atoms with Gasteiger partial charge in [-0.3, -0.25) is 9.36 Å². The van der Waals surface area contributed by atoms with E-state index in [0.717, 1.165) is 30.4 Å². The molecule has 0 bridgehead atoms. The Bertz CT molecular complexity index is 1130. The van der Waals surface area contributed by atoms with E-state index in [9.17, 15) is 24.1 Å². The molecule has 43 heavy (non-hydrogen) atoms. The van der Waals surface area contributed by atoms with Crippen molar-refractivity contribution >= 4 is 26.0 Å². The number of nitrogens with zero attached hydrogens (tertiary/aromatic N) is 1. The molecule has 3 rings (SSSR count). The maximum absolute atomic E-state index is 13.3. The number of carbonyl (C=O) groups is 3. The van der Waals surface area contributed by atoms with Crippen LogP contribution in [-0.2, 0) is 41.4 Å². The molecule has 1 unspecified atom stereocenters. The normalized spacial score (nSPS) is 16.0. The highest BCUT2D eigenvalue weighted by molar-refractivity contribution is 7.39. The molecule has 0 aromatic heterocycles. The third-order valence-electron chi connectivity index (χ3n) is 7.28. The fraction of sp³-hybridized carbons (Fsp3) is 0.531. The van der Waals surface area contributed by atoms with Crippen LogP contribution in [0, 0.1) is 0 Å². The molecule has 1 heterocycles. The molecule has 236 valence electrons. The second-order valence-electron chi connectivity index (χ2n) is 10.7. The van der Waals surface area contributed by atoms with Gasteiger partial charge in [0.1, 0.15) is 18.8 Å². The summed E-state index contributed by atoms with van der Waals surface area (Å²) in [4.78, 5) is 38.3. The van der Waals surface area contributed by atoms with Crippen LogP contribution in [0.15, 0.2) is 60.7 Å². The number of ether oxygens (including phenoxy) is 2. The van der Waals surface area contributed by atoms with Gasteiger partial charge in [-0.2, -0.15) is 0 Å². The van der Waals surface area contributed by atoms with E-state index in [1.54, 1.807) is 0 Å². The Balaban J connectivity index is 1.35. The van der Waals surface area contributed by atoms with Crippen molar-refractivity contribution in [2.45, 2.75) is 83.1 Å². The van der Waals surface area contributed by atoms with Gasteiger partial charge < -0.3 is 29.3 Å². The fourth-order valence-electron chi connectivity index (χ4n) is 4.93. The number of amides is 2. The van der Waals surface area contributed by atoms with Crippen LogP contribution in [0.4, 0.5) is 4.79 Å². The average Bonchev–Trinajstić information content (AvgIpc) is 3.52. The van der Waals surface area contributed by atoms with Crippen LogP contribution in [0.25, 0.3) is 0 Å². The first-order valence-electron chi connectivity index (χ1n) is 15.2. The maximum atomic E-state index is 13.3. The summed E-state index contributed by atoms with van der Waals surface area (Å²) in [6.45, 7) is 2.12. The molecule has 1 aliphatic rings. The van der Waals surface area contributed by atoms with Crippen molar-refractivity contribution in [2.24, 2.45) is 0 Å². The van der Waals surface area contributed by atoms with Crippen molar-refractivity contribution < 1.29 is 38.1 Å². The van der Waals surface area contributed by atoms with Gasteiger partial charge in [0.25, 0.3) is 5.91 Å². The van der Waals surface area contributed by atoms with Gasteiger partial charge in [-0.1, -0.05) is 73.5 Å². The smallest absolute Gasteiger partial charge is 0.407 e. The average molecular weight is 617 g/mol. The molecule has 0 radical (unpaired) electrons. The van der Waals surface area contributed by atoms with E-state index < -0.39 is 38.1 Å². The van der Waals surface area contributed by atoms with Crippen molar-refractivity contribution in [3.05, 3.63) is 71.8 Å². The number of aliphatic carboxylic acids is 1. The zero-order valence-electron chi connectivity index (χ0n) is 24.8. The highest BCUT2D eigenvalue weighted by atomic mass is 31.1. The molecule has 10 nitrogen and oxygen atoms in total. The highest BCUT2D eigenvalue weighted by Gasteiger charge is 2.37. The SMILES string of the molecule is O=C(NCCCC[C@H](O[PH](=O)CCCCCCOCc1ccccc1)C(=O)N1CCC[C@H]1C(=O)O)OCc1ccccc1. The molecule has 0 saturated carbocycles. The lowest BCUT2D eigenvalue weighted by molar-refractivity contribution is -0.151. The first-order valence-corrected chi connectivity index (χ1v) is 16.8. The molecule has 2 N–H and O–H groups in total. The van der Waals surface area contributed by atoms with Crippen LogP contribution in [0.1, 0.15) is 68.9 Å². The zero-order valence-corrected chi connectivity index (χ0v) is 25.8. The predicted molar refractivity (Wildman–Crippen MR) is 164 cm³/mol. The number of alkyl carbamates (subject to hydrolysis) is 1. The van der Waals surface area contributed by atoms with Crippen LogP contribution >= 0.6 is 8.03 Å². The topological polar surface area (TPSA) is 131 Å². The summed E-state index contributed by atoms with van der Waals surface area (Å²) in [5, 5.41) is 12.2. The third kappa shape index (κ3) is 13.3. The predicted octanol–water partition coefficient (Wildman–Crippen LogP) is 5.80. The lowest BCUT2D eigenvalue weighted by Crippen LogP contribution is -2.45. The van der Waals surface area contributed by atoms with E-state index >= 15 is 0 Å². The standard InChI is InChI=1S/C32H45N2O8P/c35-30(34-21-13-18-28(34)31(36)37)29(19-9-10-20-33-32(38)41-25-27-16-7-4-8-17-27)42-43(39)23-12-2-1-11-22-40-24-26-14-5-3-6-15-26/h3-8,14-17,28-29,43H,1-2,9-13,18-25H2,(H,33,38)(H,36,37)/t28-,29-/m0/s1. The summed E-state index contributed by atoms with van der Waals surface area (Å²) in [6.07, 6.45) is 4.71. The van der Waals surface area contributed by atoms with Crippen LogP contribution < -0.4 is 5.32 Å². The van der Waals surface area contributed by atoms with Gasteiger partial charge in [0.2, 0.25) is 0 Å². The van der Waals surface area contributed by atoms with Crippen molar-refractivity contribution in [2.75, 3.05) is 25.9 Å². The molecule has 2 aromatic rings. The first-order chi connectivity index (χ1) is 20.9. The minimum atomic E-state index is -2.49. The minimum absolute atomic E-state index is 0.175. The monoisotopic (exact) mass is 616 g/mol. The molecule has 3 atom stereocenters. The Labute approximate surface area is 255 Å². The Morgan fingerprint density at radius 2 is 1.58 bits per heavy atom. The summed E-state index contributed by atoms with van der Waals surface area (Å²) in [5.74, 6) is -1.46. The van der Waals surface area contributed by atoms with Gasteiger partial charge in [-0.25, -0.2) is 9.59 Å². The molecule has 0 spiro atoms. The van der Waals surface area contributed by atoms with Crippen molar-refractivity contribution in [1.82, 2.24) is 10.2 Å². The maximum Gasteiger partial charge on any atom is 0.407 e. The molecule has 2 amide bonds. The number of hydrogen-bond donors (Lipinski definition) is 2. The van der Waals surface area contributed by atoms with Crippen molar-refractivity contribution in [1.29, 1.82) is 0 Å². The van der Waals surface area contributed by atoms with E-state index in [0.29, 0.717) is 64.6 Å². The molecule has 11 heteroatoms. The molecular weight excluding hydrogens is 571 g/mol. The number of carbonyl (C=O) groups excluding carboxylic acids is 2. The largest absolute Gasteiger partial charge is 0.480 e. The second kappa shape index (κ2) is 19.9. The molecule has 1 saturated heterocycles. The first kappa shape index (κ1) is 34.3. The van der Waals surface area contributed by atoms with Gasteiger partial charge in [0.05, 0.1) is 6.61 Å². The molecule has 1 fully saturated rings. The summed E-state index contributed by atoms with van der Waals surface area (Å²) >= 11 is 0. The number of likely N-dealkylation sites (tertiary alicyclic amines) is 1. The number of nitrogens with one attached hydrogen (secondary N) is 1. The van der Waals surface area contributed by atoms with E-state index in [4.69, 9.17) is 14.0 Å². The number of hydrogen-bond acceptors (Lipinski definition) is 7. The third-order valence-corrected chi connectivity index (χ3v) is 8.59. The number of benzene rings is 2. The highest BCUT2D eigenvalue weighted by Crippen LogP contribution is 2.31. The van der Waals surface area contributed by atoms with Gasteiger partial charge in [0, 0.05) is 25.9 Å². The summed E-state index contributed by atoms with van der Waals surface area (Å²) in [6, 6.07) is 18.5. The molecule has 2 aromatic carbocycles. The Kier molecular flexibility index (Phi) is 15.9. The molecule has 0 aliphatic carbocycles. The van der Waals surface area contributed by atoms with Crippen molar-refractivity contribution in [3.63, 3.8) is 0 Å². The van der Waals surface area contributed by atoms with E-state index in [2.05, 4.69) is 5.32 Å². The van der Waals surface area contributed by atoms with Gasteiger partial charge in [-0.15, -0.1) is 0 Å². The van der Waals surface area contributed by atoms with Crippen LogP contribution in [0.3, 0.4) is 0 Å². The van der Waals surface area contributed by atoms with Crippen LogP contribution in [0.5, 0.6) is 0 Å². The van der Waals surface area contributed by atoms with E-state index in [1.165, 1.54) is 4.90 Å². The summed E-state index contributed by atoms with van der Waals surface area (Å²) < 4.78 is 29.5. The van der Waals surface area contributed by atoms with Gasteiger partial charge in [0.15, 0.2) is 8.03 Å². The number of carboxylic acids is 1.